The number of nitrogens with zero attached hydrogens (tertiary/aromatic N) is 2. The average Bonchev–Trinajstić information content (AvgIpc) is 2.79. The Morgan fingerprint density at radius 2 is 2.30 bits per heavy atom. The number of benzene rings is 1. The Morgan fingerprint density at radius 1 is 1.60 bits per heavy atom. The van der Waals surface area contributed by atoms with Gasteiger partial charge in [0, 0.05) is 31.0 Å². The van der Waals surface area contributed by atoms with E-state index in [-0.39, 0.29) is 23.2 Å². The molecule has 1 saturated heterocycles. The first-order valence-corrected chi connectivity index (χ1v) is 7.19. The van der Waals surface area contributed by atoms with E-state index in [0.717, 1.165) is 0 Å². The number of hydrogen-bond acceptors (Lipinski definition) is 4. The molecule has 1 unspecified atom stereocenters. The van der Waals surface area contributed by atoms with Crippen LogP contribution in [-0.4, -0.2) is 30.4 Å². The molecule has 108 valence electrons. The summed E-state index contributed by atoms with van der Waals surface area (Å²) >= 11 is 8.97. The molecule has 1 aliphatic rings. The third-order valence-electron chi connectivity index (χ3n) is 3.16. The van der Waals surface area contributed by atoms with Crippen molar-refractivity contribution in [2.75, 3.05) is 24.4 Å². The molecule has 1 heterocycles. The smallest absolute Gasteiger partial charge is 0.294 e. The Labute approximate surface area is 128 Å². The topological polar surface area (TPSA) is 72.7 Å². The van der Waals surface area contributed by atoms with E-state index >= 15 is 0 Å². The molecule has 1 aromatic carbocycles. The van der Waals surface area contributed by atoms with Gasteiger partial charge in [-0.3, -0.25) is 14.9 Å². The van der Waals surface area contributed by atoms with Crippen LogP contribution in [0.15, 0.2) is 16.6 Å². The maximum absolute atomic E-state index is 12.0. The summed E-state index contributed by atoms with van der Waals surface area (Å²) in [7, 11) is 1.46. The van der Waals surface area contributed by atoms with Crippen molar-refractivity contribution in [2.24, 2.45) is 5.92 Å². The summed E-state index contributed by atoms with van der Waals surface area (Å²) in [5.74, 6) is 0.637. The Kier molecular flexibility index (Phi) is 4.49. The number of halogens is 2. The van der Waals surface area contributed by atoms with Gasteiger partial charge < -0.3 is 9.64 Å². The molecule has 20 heavy (non-hydrogen) atoms. The van der Waals surface area contributed by atoms with E-state index in [9.17, 15) is 14.9 Å². The molecule has 0 aliphatic carbocycles. The van der Waals surface area contributed by atoms with Crippen LogP contribution in [0, 0.1) is 16.0 Å². The van der Waals surface area contributed by atoms with Crippen LogP contribution in [0.3, 0.4) is 0 Å². The summed E-state index contributed by atoms with van der Waals surface area (Å²) in [5.41, 5.74) is 0.105. The fourth-order valence-electron chi connectivity index (χ4n) is 2.17. The van der Waals surface area contributed by atoms with E-state index in [2.05, 4.69) is 15.9 Å². The summed E-state index contributed by atoms with van der Waals surface area (Å²) in [5, 5.41) is 11.2. The largest absolute Gasteiger partial charge is 0.495 e. The number of anilines is 1. The lowest BCUT2D eigenvalue weighted by atomic mass is 10.1. The van der Waals surface area contributed by atoms with Crippen molar-refractivity contribution in [1.29, 1.82) is 0 Å². The van der Waals surface area contributed by atoms with Crippen LogP contribution in [0.2, 0.25) is 0 Å². The monoisotopic (exact) mass is 362 g/mol. The molecule has 2 rings (SSSR count). The van der Waals surface area contributed by atoms with Crippen molar-refractivity contribution in [2.45, 2.75) is 6.42 Å². The minimum absolute atomic E-state index is 0.0124. The molecule has 1 amide bonds. The highest BCUT2D eigenvalue weighted by Crippen LogP contribution is 2.40. The van der Waals surface area contributed by atoms with Crippen molar-refractivity contribution in [3.63, 3.8) is 0 Å². The molecule has 1 atom stereocenters. The lowest BCUT2D eigenvalue weighted by Crippen LogP contribution is -2.25. The number of ether oxygens (including phenoxy) is 1. The van der Waals surface area contributed by atoms with Crippen LogP contribution in [0.25, 0.3) is 0 Å². The first-order chi connectivity index (χ1) is 9.47. The lowest BCUT2D eigenvalue weighted by Gasteiger charge is -2.18. The Morgan fingerprint density at radius 3 is 2.80 bits per heavy atom. The maximum atomic E-state index is 12.0. The molecular formula is C12H12BrClN2O4. The first-order valence-electron chi connectivity index (χ1n) is 5.86. The molecule has 0 radical (unpaired) electrons. The Hall–Kier alpha value is -1.34. The van der Waals surface area contributed by atoms with Crippen molar-refractivity contribution >= 4 is 44.8 Å². The minimum atomic E-state index is -0.513. The average molecular weight is 364 g/mol. The van der Waals surface area contributed by atoms with E-state index in [1.807, 2.05) is 0 Å². The van der Waals surface area contributed by atoms with Gasteiger partial charge in [-0.05, 0) is 21.8 Å². The second-order valence-corrected chi connectivity index (χ2v) is 5.62. The van der Waals surface area contributed by atoms with E-state index in [4.69, 9.17) is 16.3 Å². The van der Waals surface area contributed by atoms with Gasteiger partial charge >= 0.3 is 0 Å². The zero-order valence-electron chi connectivity index (χ0n) is 10.6. The third-order valence-corrected chi connectivity index (χ3v) is 4.22. The molecule has 1 fully saturated rings. The number of amides is 1. The number of hydrogen-bond donors (Lipinski definition) is 0. The molecule has 0 bridgehead atoms. The highest BCUT2D eigenvalue weighted by atomic mass is 79.9. The first kappa shape index (κ1) is 15.1. The van der Waals surface area contributed by atoms with Crippen molar-refractivity contribution in [3.05, 3.63) is 26.7 Å². The molecule has 0 aromatic heterocycles. The van der Waals surface area contributed by atoms with Crippen LogP contribution in [0.1, 0.15) is 6.42 Å². The van der Waals surface area contributed by atoms with Gasteiger partial charge in [0.15, 0.2) is 0 Å². The van der Waals surface area contributed by atoms with E-state index in [1.54, 1.807) is 0 Å². The van der Waals surface area contributed by atoms with E-state index in [1.165, 1.54) is 24.1 Å². The molecule has 0 saturated carbocycles. The van der Waals surface area contributed by atoms with E-state index in [0.29, 0.717) is 29.1 Å². The Balaban J connectivity index is 2.49. The summed E-state index contributed by atoms with van der Waals surface area (Å²) in [6, 6.07) is 2.84. The van der Waals surface area contributed by atoms with Gasteiger partial charge in [-0.1, -0.05) is 0 Å². The van der Waals surface area contributed by atoms with Crippen LogP contribution in [-0.2, 0) is 4.79 Å². The highest BCUT2D eigenvalue weighted by Gasteiger charge is 2.34. The van der Waals surface area contributed by atoms with Crippen LogP contribution in [0.5, 0.6) is 5.75 Å². The molecule has 0 spiro atoms. The van der Waals surface area contributed by atoms with Gasteiger partial charge in [-0.25, -0.2) is 0 Å². The fourth-order valence-corrected chi connectivity index (χ4v) is 2.87. The normalized spacial score (nSPS) is 18.4. The summed E-state index contributed by atoms with van der Waals surface area (Å²) in [4.78, 5) is 24.1. The SMILES string of the molecule is COc1cc(N2CC(CCl)CC2=O)c([N+](=O)[O-])cc1Br. The standard InChI is InChI=1S/C12H12BrClN2O4/c1-20-11-4-9(10(16(18)19)3-8(11)13)15-6-7(5-14)2-12(15)17/h3-4,7H,2,5-6H2,1H3. The quantitative estimate of drug-likeness (QED) is 0.468. The van der Waals surface area contributed by atoms with E-state index < -0.39 is 4.92 Å². The van der Waals surface area contributed by atoms with Crippen LogP contribution < -0.4 is 9.64 Å². The second-order valence-electron chi connectivity index (χ2n) is 4.46. The highest BCUT2D eigenvalue weighted by molar-refractivity contribution is 9.10. The van der Waals surface area contributed by atoms with Crippen molar-refractivity contribution in [3.8, 4) is 5.75 Å². The van der Waals surface area contributed by atoms with Gasteiger partial charge in [-0.15, -0.1) is 11.6 Å². The number of methoxy groups -OCH3 is 1. The fraction of sp³-hybridized carbons (Fsp3) is 0.417. The van der Waals surface area contributed by atoms with Crippen LogP contribution >= 0.6 is 27.5 Å². The molecule has 6 nitrogen and oxygen atoms in total. The number of rotatable bonds is 4. The molecule has 1 aliphatic heterocycles. The summed E-state index contributed by atoms with van der Waals surface area (Å²) in [6.45, 7) is 0.383. The van der Waals surface area contributed by atoms with Crippen LogP contribution in [0.4, 0.5) is 11.4 Å². The number of nitro groups is 1. The van der Waals surface area contributed by atoms with Gasteiger partial charge in [0.2, 0.25) is 5.91 Å². The zero-order chi connectivity index (χ0) is 14.9. The van der Waals surface area contributed by atoms with Crippen molar-refractivity contribution < 1.29 is 14.5 Å². The van der Waals surface area contributed by atoms with Gasteiger partial charge in [0.1, 0.15) is 11.4 Å². The summed E-state index contributed by atoms with van der Waals surface area (Å²) in [6.07, 6.45) is 0.305. The number of carbonyl (C=O) groups excluding carboxylic acids is 1. The van der Waals surface area contributed by atoms with Gasteiger partial charge in [0.25, 0.3) is 5.69 Å². The summed E-state index contributed by atoms with van der Waals surface area (Å²) < 4.78 is 5.60. The predicted molar refractivity (Wildman–Crippen MR) is 78.5 cm³/mol. The zero-order valence-corrected chi connectivity index (χ0v) is 13.0. The maximum Gasteiger partial charge on any atom is 0.294 e. The Bertz CT molecular complexity index is 567. The lowest BCUT2D eigenvalue weighted by molar-refractivity contribution is -0.384. The molecule has 0 N–H and O–H groups in total. The van der Waals surface area contributed by atoms with Gasteiger partial charge in [0.05, 0.1) is 16.5 Å². The predicted octanol–water partition coefficient (Wildman–Crippen LogP) is 2.96. The molecule has 1 aromatic rings. The number of alkyl halides is 1. The number of nitro benzene ring substituents is 1. The van der Waals surface area contributed by atoms with Crippen molar-refractivity contribution in [1.82, 2.24) is 0 Å². The number of carbonyl (C=O) groups is 1. The van der Waals surface area contributed by atoms with Gasteiger partial charge in [-0.2, -0.15) is 0 Å². The second kappa shape index (κ2) is 5.97. The molecule has 8 heteroatoms. The minimum Gasteiger partial charge on any atom is -0.495 e. The molecular weight excluding hydrogens is 351 g/mol. The third kappa shape index (κ3) is 2.73.